The Hall–Kier alpha value is -2.88. The van der Waals surface area contributed by atoms with Gasteiger partial charge >= 0.3 is 12.1 Å². The number of halogens is 1. The third-order valence-corrected chi connectivity index (χ3v) is 7.18. The second kappa shape index (κ2) is 9.77. The highest BCUT2D eigenvalue weighted by atomic mass is 19.1. The molecule has 0 N–H and O–H groups in total. The van der Waals surface area contributed by atoms with E-state index in [1.165, 1.54) is 11.0 Å². The SMILES string of the molecule is O=C(ON(C[C@H]1CN(c2ccc(N3CCOCC3)c(F)c2)C(=O)O1)C(=O)C1CCC1)C1CCC1. The summed E-state index contributed by atoms with van der Waals surface area (Å²) in [5, 5.41) is 1.09. The molecular formula is C24H30FN3O6. The molecule has 2 aliphatic carbocycles. The van der Waals surface area contributed by atoms with Crippen molar-refractivity contribution >= 4 is 29.3 Å². The zero-order valence-corrected chi connectivity index (χ0v) is 19.1. The second-order valence-electron chi connectivity index (χ2n) is 9.42. The Balaban J connectivity index is 1.25. The van der Waals surface area contributed by atoms with Gasteiger partial charge in [-0.3, -0.25) is 9.69 Å². The van der Waals surface area contributed by atoms with Gasteiger partial charge < -0.3 is 19.2 Å². The van der Waals surface area contributed by atoms with Crippen LogP contribution in [-0.4, -0.2) is 68.5 Å². The van der Waals surface area contributed by atoms with Crippen molar-refractivity contribution in [3.05, 3.63) is 24.0 Å². The first-order valence-electron chi connectivity index (χ1n) is 12.1. The number of carbonyl (C=O) groups excluding carboxylic acids is 3. The fourth-order valence-electron chi connectivity index (χ4n) is 4.59. The lowest BCUT2D eigenvalue weighted by atomic mass is 9.84. The van der Waals surface area contributed by atoms with E-state index in [0.717, 1.165) is 43.6 Å². The van der Waals surface area contributed by atoms with Gasteiger partial charge in [-0.2, -0.15) is 5.06 Å². The van der Waals surface area contributed by atoms with E-state index < -0.39 is 24.0 Å². The molecule has 4 fully saturated rings. The highest BCUT2D eigenvalue weighted by Gasteiger charge is 2.40. The number of hydrogen-bond acceptors (Lipinski definition) is 7. The van der Waals surface area contributed by atoms with Gasteiger partial charge in [-0.25, -0.2) is 14.0 Å². The van der Waals surface area contributed by atoms with Gasteiger partial charge in [0.05, 0.1) is 43.6 Å². The summed E-state index contributed by atoms with van der Waals surface area (Å²) in [6.07, 6.45) is 3.71. The van der Waals surface area contributed by atoms with Crippen molar-refractivity contribution in [2.75, 3.05) is 49.2 Å². The highest BCUT2D eigenvalue weighted by Crippen LogP contribution is 2.32. The molecule has 2 heterocycles. The summed E-state index contributed by atoms with van der Waals surface area (Å²) in [6.45, 7) is 2.39. The molecule has 0 radical (unpaired) electrons. The number of hydroxylamine groups is 2. The normalized spacial score (nSPS) is 23.2. The Morgan fingerprint density at radius 3 is 2.41 bits per heavy atom. The summed E-state index contributed by atoms with van der Waals surface area (Å²) in [6, 6.07) is 4.66. The van der Waals surface area contributed by atoms with Gasteiger partial charge in [-0.15, -0.1) is 0 Å². The summed E-state index contributed by atoms with van der Waals surface area (Å²) in [4.78, 5) is 46.6. The Morgan fingerprint density at radius 1 is 1.09 bits per heavy atom. The molecule has 5 rings (SSSR count). The number of carbonyl (C=O) groups is 3. The molecular weight excluding hydrogens is 445 g/mol. The minimum atomic E-state index is -0.687. The average Bonchev–Trinajstić information content (AvgIpc) is 3.11. The molecule has 4 aliphatic rings. The average molecular weight is 476 g/mol. The summed E-state index contributed by atoms with van der Waals surface area (Å²) < 4.78 is 25.6. The number of benzene rings is 1. The van der Waals surface area contributed by atoms with Crippen molar-refractivity contribution in [2.24, 2.45) is 11.8 Å². The molecule has 1 atom stereocenters. The zero-order chi connectivity index (χ0) is 23.7. The van der Waals surface area contributed by atoms with Crippen LogP contribution in [0.3, 0.4) is 0 Å². The number of nitrogens with zero attached hydrogens (tertiary/aromatic N) is 3. The van der Waals surface area contributed by atoms with E-state index >= 15 is 0 Å². The Labute approximate surface area is 197 Å². The number of morpholine rings is 1. The molecule has 2 aliphatic heterocycles. The number of hydrogen-bond donors (Lipinski definition) is 0. The molecule has 1 aromatic carbocycles. The summed E-state index contributed by atoms with van der Waals surface area (Å²) in [7, 11) is 0. The quantitative estimate of drug-likeness (QED) is 0.585. The Kier molecular flexibility index (Phi) is 6.58. The first-order chi connectivity index (χ1) is 16.5. The van der Waals surface area contributed by atoms with E-state index in [9.17, 15) is 18.8 Å². The van der Waals surface area contributed by atoms with Crippen LogP contribution in [0.1, 0.15) is 38.5 Å². The Morgan fingerprint density at radius 2 is 1.79 bits per heavy atom. The molecule has 0 bridgehead atoms. The molecule has 184 valence electrons. The van der Waals surface area contributed by atoms with Crippen LogP contribution in [0, 0.1) is 17.7 Å². The maximum atomic E-state index is 14.8. The van der Waals surface area contributed by atoms with E-state index in [1.54, 1.807) is 12.1 Å². The molecule has 2 amide bonds. The van der Waals surface area contributed by atoms with Crippen LogP contribution < -0.4 is 9.80 Å². The minimum Gasteiger partial charge on any atom is -0.442 e. The van der Waals surface area contributed by atoms with E-state index in [-0.39, 0.29) is 30.8 Å². The number of amides is 2. The van der Waals surface area contributed by atoms with Crippen LogP contribution >= 0.6 is 0 Å². The Bertz CT molecular complexity index is 945. The molecule has 1 aromatic rings. The van der Waals surface area contributed by atoms with Crippen molar-refractivity contribution in [3.8, 4) is 0 Å². The van der Waals surface area contributed by atoms with Crippen molar-refractivity contribution in [1.82, 2.24) is 5.06 Å². The first kappa shape index (κ1) is 22.9. The lowest BCUT2D eigenvalue weighted by Crippen LogP contribution is -2.46. The van der Waals surface area contributed by atoms with Crippen molar-refractivity contribution in [2.45, 2.75) is 44.6 Å². The minimum absolute atomic E-state index is 0.0373. The number of ether oxygens (including phenoxy) is 2. The molecule has 34 heavy (non-hydrogen) atoms. The standard InChI is InChI=1S/C24H30FN3O6/c25-20-13-18(7-8-21(20)26-9-11-32-12-10-26)27-14-19(33-24(27)31)15-28(22(29)16-3-1-4-16)34-23(30)17-5-2-6-17/h7-8,13,16-17,19H,1-6,9-12,14-15H2/t19-/m1/s1. The summed E-state index contributed by atoms with van der Waals surface area (Å²) in [5.41, 5.74) is 0.849. The van der Waals surface area contributed by atoms with Crippen molar-refractivity contribution in [3.63, 3.8) is 0 Å². The highest BCUT2D eigenvalue weighted by molar-refractivity contribution is 5.90. The molecule has 10 heteroatoms. The van der Waals surface area contributed by atoms with E-state index in [2.05, 4.69) is 0 Å². The van der Waals surface area contributed by atoms with Crippen LogP contribution in [0.15, 0.2) is 18.2 Å². The molecule has 2 saturated carbocycles. The van der Waals surface area contributed by atoms with Gasteiger partial charge in [-0.05, 0) is 43.9 Å². The topological polar surface area (TPSA) is 88.6 Å². The zero-order valence-electron chi connectivity index (χ0n) is 19.1. The maximum Gasteiger partial charge on any atom is 0.414 e. The van der Waals surface area contributed by atoms with Crippen LogP contribution in [-0.2, 0) is 23.9 Å². The van der Waals surface area contributed by atoms with Gasteiger partial charge in [0.15, 0.2) is 0 Å². The number of cyclic esters (lactones) is 1. The van der Waals surface area contributed by atoms with Gasteiger partial charge in [0, 0.05) is 19.0 Å². The first-order valence-corrected chi connectivity index (χ1v) is 12.1. The lowest BCUT2D eigenvalue weighted by Gasteiger charge is -2.33. The van der Waals surface area contributed by atoms with E-state index in [4.69, 9.17) is 14.3 Å². The fraction of sp³-hybridized carbons (Fsp3) is 0.625. The van der Waals surface area contributed by atoms with Gasteiger partial charge in [-0.1, -0.05) is 12.8 Å². The molecule has 0 spiro atoms. The maximum absolute atomic E-state index is 14.8. The van der Waals surface area contributed by atoms with Crippen molar-refractivity contribution in [1.29, 1.82) is 0 Å². The summed E-state index contributed by atoms with van der Waals surface area (Å²) >= 11 is 0. The van der Waals surface area contributed by atoms with Crippen LogP contribution in [0.25, 0.3) is 0 Å². The van der Waals surface area contributed by atoms with Gasteiger partial charge in [0.25, 0.3) is 5.91 Å². The third-order valence-electron chi connectivity index (χ3n) is 7.18. The van der Waals surface area contributed by atoms with Crippen LogP contribution in [0.4, 0.5) is 20.6 Å². The second-order valence-corrected chi connectivity index (χ2v) is 9.42. The molecule has 9 nitrogen and oxygen atoms in total. The van der Waals surface area contributed by atoms with E-state index in [1.807, 2.05) is 4.90 Å². The van der Waals surface area contributed by atoms with Crippen molar-refractivity contribution < 1.29 is 33.1 Å². The number of rotatable bonds is 6. The fourth-order valence-corrected chi connectivity index (χ4v) is 4.59. The predicted octanol–water partition coefficient (Wildman–Crippen LogP) is 2.87. The molecule has 0 unspecified atom stereocenters. The third kappa shape index (κ3) is 4.68. The van der Waals surface area contributed by atoms with Crippen LogP contribution in [0.5, 0.6) is 0 Å². The van der Waals surface area contributed by atoms with Crippen LogP contribution in [0.2, 0.25) is 0 Å². The van der Waals surface area contributed by atoms with Gasteiger partial charge in [0.2, 0.25) is 0 Å². The lowest BCUT2D eigenvalue weighted by molar-refractivity contribution is -0.211. The largest absolute Gasteiger partial charge is 0.442 e. The monoisotopic (exact) mass is 475 g/mol. The summed E-state index contributed by atoms with van der Waals surface area (Å²) in [5.74, 6) is -1.40. The smallest absolute Gasteiger partial charge is 0.414 e. The molecule has 0 aromatic heterocycles. The molecule has 2 saturated heterocycles. The number of anilines is 2. The predicted molar refractivity (Wildman–Crippen MR) is 120 cm³/mol. The van der Waals surface area contributed by atoms with E-state index in [0.29, 0.717) is 37.7 Å². The van der Waals surface area contributed by atoms with Gasteiger partial charge in [0.1, 0.15) is 11.9 Å².